The smallest absolute Gasteiger partial charge is 0.355 e. The van der Waals surface area contributed by atoms with Crippen LogP contribution in [0.2, 0.25) is 0 Å². The highest BCUT2D eigenvalue weighted by molar-refractivity contribution is 7.09. The summed E-state index contributed by atoms with van der Waals surface area (Å²) < 4.78 is 10.6. The number of carboxylic acids is 1. The van der Waals surface area contributed by atoms with Crippen LogP contribution in [0.5, 0.6) is 11.5 Å². The van der Waals surface area contributed by atoms with Crippen molar-refractivity contribution in [2.45, 2.75) is 19.4 Å². The number of methoxy groups -OCH3 is 1. The maximum absolute atomic E-state index is 11.7. The van der Waals surface area contributed by atoms with Crippen LogP contribution >= 0.6 is 11.3 Å². The van der Waals surface area contributed by atoms with Crippen molar-refractivity contribution in [1.82, 2.24) is 10.3 Å². The van der Waals surface area contributed by atoms with Gasteiger partial charge in [-0.3, -0.25) is 4.79 Å². The maximum Gasteiger partial charge on any atom is 0.355 e. The standard InChI is InChI=1S/C16H18N2O5S/c1-22-11-4-6-12(7-5-11)23-8-2-3-14(19)17-9-15-18-13(10-24-15)16(20)21/h4-7,10H,2-3,8-9H2,1H3,(H,17,19)(H,20,21). The predicted octanol–water partition coefficient (Wildman–Crippen LogP) is 2.33. The van der Waals surface area contributed by atoms with E-state index in [-0.39, 0.29) is 18.1 Å². The van der Waals surface area contributed by atoms with Crippen LogP contribution in [0.25, 0.3) is 0 Å². The number of aromatic nitrogens is 1. The number of thiazole rings is 1. The quantitative estimate of drug-likeness (QED) is 0.674. The fourth-order valence-corrected chi connectivity index (χ4v) is 2.56. The van der Waals surface area contributed by atoms with E-state index in [0.29, 0.717) is 24.5 Å². The first-order valence-corrected chi connectivity index (χ1v) is 8.17. The average molecular weight is 350 g/mol. The molecule has 1 aromatic carbocycles. The summed E-state index contributed by atoms with van der Waals surface area (Å²) in [6.07, 6.45) is 0.906. The van der Waals surface area contributed by atoms with E-state index in [4.69, 9.17) is 14.6 Å². The average Bonchev–Trinajstić information content (AvgIpc) is 3.07. The monoisotopic (exact) mass is 350 g/mol. The third-order valence-electron chi connectivity index (χ3n) is 3.08. The Morgan fingerprint density at radius 1 is 1.25 bits per heavy atom. The molecular weight excluding hydrogens is 332 g/mol. The number of nitrogens with zero attached hydrogens (tertiary/aromatic N) is 1. The van der Waals surface area contributed by atoms with Crippen LogP contribution in [0.1, 0.15) is 28.3 Å². The first kappa shape index (κ1) is 17.7. The molecule has 1 aromatic heterocycles. The molecule has 0 unspecified atom stereocenters. The minimum absolute atomic E-state index is 0.00265. The third-order valence-corrected chi connectivity index (χ3v) is 3.93. The second-order valence-electron chi connectivity index (χ2n) is 4.84. The lowest BCUT2D eigenvalue weighted by molar-refractivity contribution is -0.121. The van der Waals surface area contributed by atoms with E-state index in [2.05, 4.69) is 10.3 Å². The molecule has 128 valence electrons. The van der Waals surface area contributed by atoms with E-state index in [1.807, 2.05) is 0 Å². The lowest BCUT2D eigenvalue weighted by atomic mass is 10.3. The summed E-state index contributed by atoms with van der Waals surface area (Å²) in [5, 5.41) is 13.5. The molecule has 0 saturated carbocycles. The molecular formula is C16H18N2O5S. The zero-order valence-electron chi connectivity index (χ0n) is 13.2. The normalized spacial score (nSPS) is 10.2. The molecule has 0 radical (unpaired) electrons. The van der Waals surface area contributed by atoms with Crippen LogP contribution in [0.15, 0.2) is 29.6 Å². The molecule has 2 aromatic rings. The van der Waals surface area contributed by atoms with Crippen molar-refractivity contribution in [1.29, 1.82) is 0 Å². The Labute approximate surface area is 143 Å². The van der Waals surface area contributed by atoms with Gasteiger partial charge in [-0.1, -0.05) is 0 Å². The summed E-state index contributed by atoms with van der Waals surface area (Å²) in [6.45, 7) is 0.663. The fraction of sp³-hybridized carbons (Fsp3) is 0.312. The molecule has 1 heterocycles. The van der Waals surface area contributed by atoms with Crippen LogP contribution in [0.4, 0.5) is 0 Å². The number of carbonyl (C=O) groups is 2. The molecule has 24 heavy (non-hydrogen) atoms. The molecule has 0 saturated heterocycles. The lowest BCUT2D eigenvalue weighted by Crippen LogP contribution is -2.23. The molecule has 2 N–H and O–H groups in total. The van der Waals surface area contributed by atoms with Gasteiger partial charge < -0.3 is 19.9 Å². The van der Waals surface area contributed by atoms with Crippen LogP contribution < -0.4 is 14.8 Å². The number of amides is 1. The van der Waals surface area contributed by atoms with Crippen LogP contribution in [-0.2, 0) is 11.3 Å². The number of carbonyl (C=O) groups excluding carboxylic acids is 1. The van der Waals surface area contributed by atoms with Gasteiger partial charge in [0.1, 0.15) is 16.5 Å². The van der Waals surface area contributed by atoms with Gasteiger partial charge in [-0.05, 0) is 30.7 Å². The van der Waals surface area contributed by atoms with E-state index in [9.17, 15) is 9.59 Å². The number of hydrogen-bond donors (Lipinski definition) is 2. The Morgan fingerprint density at radius 3 is 2.58 bits per heavy atom. The van der Waals surface area contributed by atoms with Gasteiger partial charge in [-0.15, -0.1) is 11.3 Å². The van der Waals surface area contributed by atoms with Gasteiger partial charge in [0.15, 0.2) is 5.69 Å². The third kappa shape index (κ3) is 5.54. The number of benzene rings is 1. The predicted molar refractivity (Wildman–Crippen MR) is 88.6 cm³/mol. The van der Waals surface area contributed by atoms with E-state index in [1.54, 1.807) is 31.4 Å². The summed E-state index contributed by atoms with van der Waals surface area (Å²) in [5.74, 6) is 0.287. The van der Waals surface area contributed by atoms with Crippen molar-refractivity contribution in [3.8, 4) is 11.5 Å². The number of carboxylic acid groups (broad SMARTS) is 1. The van der Waals surface area contributed by atoms with Crippen molar-refractivity contribution in [2.24, 2.45) is 0 Å². The molecule has 0 aliphatic heterocycles. The summed E-state index contributed by atoms with van der Waals surface area (Å²) in [5.41, 5.74) is -0.00265. The number of aromatic carboxylic acids is 1. The second kappa shape index (κ2) is 8.88. The maximum atomic E-state index is 11.7. The van der Waals surface area contributed by atoms with Gasteiger partial charge in [0.25, 0.3) is 0 Å². The van der Waals surface area contributed by atoms with E-state index in [1.165, 1.54) is 16.7 Å². The Bertz CT molecular complexity index is 684. The van der Waals surface area contributed by atoms with E-state index >= 15 is 0 Å². The minimum Gasteiger partial charge on any atom is -0.497 e. The minimum atomic E-state index is -1.07. The molecule has 0 bridgehead atoms. The summed E-state index contributed by atoms with van der Waals surface area (Å²) in [7, 11) is 1.60. The molecule has 0 aliphatic carbocycles. The second-order valence-corrected chi connectivity index (χ2v) is 5.78. The van der Waals surface area contributed by atoms with Crippen LogP contribution in [-0.4, -0.2) is 35.7 Å². The highest BCUT2D eigenvalue weighted by Crippen LogP contribution is 2.17. The molecule has 7 nitrogen and oxygen atoms in total. The lowest BCUT2D eigenvalue weighted by Gasteiger charge is -2.07. The Balaban J connectivity index is 1.62. The molecule has 2 rings (SSSR count). The van der Waals surface area contributed by atoms with Crippen molar-refractivity contribution < 1.29 is 24.2 Å². The Hall–Kier alpha value is -2.61. The Kier molecular flexibility index (Phi) is 6.56. The van der Waals surface area contributed by atoms with Crippen molar-refractivity contribution in [3.05, 3.63) is 40.3 Å². The summed E-state index contributed by atoms with van der Waals surface area (Å²) in [6, 6.07) is 7.23. The molecule has 0 spiro atoms. The summed E-state index contributed by atoms with van der Waals surface area (Å²) >= 11 is 1.21. The SMILES string of the molecule is COc1ccc(OCCCC(=O)NCc2nc(C(=O)O)cs2)cc1. The number of nitrogens with one attached hydrogen (secondary N) is 1. The highest BCUT2D eigenvalue weighted by atomic mass is 32.1. The van der Waals surface area contributed by atoms with Crippen LogP contribution in [0, 0.1) is 0 Å². The van der Waals surface area contributed by atoms with Gasteiger partial charge in [0.05, 0.1) is 20.3 Å². The molecule has 8 heteroatoms. The zero-order valence-corrected chi connectivity index (χ0v) is 14.0. The number of rotatable bonds is 9. The molecule has 1 amide bonds. The van der Waals surface area contributed by atoms with Gasteiger partial charge >= 0.3 is 5.97 Å². The first-order chi connectivity index (χ1) is 11.6. The topological polar surface area (TPSA) is 97.8 Å². The molecule has 0 aliphatic rings. The van der Waals surface area contributed by atoms with E-state index < -0.39 is 5.97 Å². The van der Waals surface area contributed by atoms with Gasteiger partial charge in [-0.2, -0.15) is 0 Å². The first-order valence-electron chi connectivity index (χ1n) is 7.29. The highest BCUT2D eigenvalue weighted by Gasteiger charge is 2.09. The van der Waals surface area contributed by atoms with Gasteiger partial charge in [-0.25, -0.2) is 9.78 Å². The fourth-order valence-electron chi connectivity index (χ4n) is 1.85. The molecule has 0 fully saturated rings. The van der Waals surface area contributed by atoms with Gasteiger partial charge in [0.2, 0.25) is 5.91 Å². The molecule has 0 atom stereocenters. The van der Waals surface area contributed by atoms with Crippen molar-refractivity contribution >= 4 is 23.2 Å². The van der Waals surface area contributed by atoms with Gasteiger partial charge in [0, 0.05) is 11.8 Å². The Morgan fingerprint density at radius 2 is 1.96 bits per heavy atom. The van der Waals surface area contributed by atoms with Crippen molar-refractivity contribution in [2.75, 3.05) is 13.7 Å². The van der Waals surface area contributed by atoms with E-state index in [0.717, 1.165) is 11.5 Å². The van der Waals surface area contributed by atoms with Crippen molar-refractivity contribution in [3.63, 3.8) is 0 Å². The largest absolute Gasteiger partial charge is 0.497 e. The number of hydrogen-bond acceptors (Lipinski definition) is 6. The summed E-state index contributed by atoms with van der Waals surface area (Å²) in [4.78, 5) is 26.3. The zero-order chi connectivity index (χ0) is 17.4. The van der Waals surface area contributed by atoms with Crippen LogP contribution in [0.3, 0.4) is 0 Å². The number of ether oxygens (including phenoxy) is 2.